The predicted octanol–water partition coefficient (Wildman–Crippen LogP) is 3.58. The van der Waals surface area contributed by atoms with Crippen LogP contribution in [0.3, 0.4) is 0 Å². The maximum absolute atomic E-state index is 12.6. The van der Waals surface area contributed by atoms with Crippen LogP contribution in [0.2, 0.25) is 4.47 Å². The standard InChI is InChI=1S/C15H18ClN3O2S2/c16-15-18-11-13(22-15)10-17-12-4-6-14(7-5-12)23(20,21)19-8-2-1-3-9-19/h4-7,11,17H,1-3,8-10H2. The molecule has 0 radical (unpaired) electrons. The fraction of sp³-hybridized carbons (Fsp3) is 0.400. The Bertz CT molecular complexity index is 753. The molecule has 0 atom stereocenters. The fourth-order valence-electron chi connectivity index (χ4n) is 2.55. The predicted molar refractivity (Wildman–Crippen MR) is 93.5 cm³/mol. The van der Waals surface area contributed by atoms with Crippen LogP contribution in [0.5, 0.6) is 0 Å². The first-order chi connectivity index (χ1) is 11.1. The van der Waals surface area contributed by atoms with Crippen LogP contribution in [-0.4, -0.2) is 30.8 Å². The SMILES string of the molecule is O=S(=O)(c1ccc(NCc2cnc(Cl)s2)cc1)N1CCCCC1. The molecule has 3 rings (SSSR count). The van der Waals surface area contributed by atoms with Crippen molar-refractivity contribution in [1.82, 2.24) is 9.29 Å². The molecule has 23 heavy (non-hydrogen) atoms. The summed E-state index contributed by atoms with van der Waals surface area (Å²) in [6, 6.07) is 6.90. The molecule has 0 amide bonds. The van der Waals surface area contributed by atoms with Crippen LogP contribution in [0.4, 0.5) is 5.69 Å². The van der Waals surface area contributed by atoms with Gasteiger partial charge in [0.2, 0.25) is 10.0 Å². The number of hydrogen-bond donors (Lipinski definition) is 1. The van der Waals surface area contributed by atoms with Crippen molar-refractivity contribution >= 4 is 38.6 Å². The van der Waals surface area contributed by atoms with Crippen LogP contribution in [0.15, 0.2) is 35.4 Å². The van der Waals surface area contributed by atoms with Crippen molar-refractivity contribution in [3.05, 3.63) is 39.8 Å². The third kappa shape index (κ3) is 4.03. The summed E-state index contributed by atoms with van der Waals surface area (Å²) in [5, 5.41) is 3.24. The summed E-state index contributed by atoms with van der Waals surface area (Å²) in [7, 11) is -3.36. The highest BCUT2D eigenvalue weighted by Gasteiger charge is 2.25. The Balaban J connectivity index is 1.66. The van der Waals surface area contributed by atoms with Gasteiger partial charge in [0.25, 0.3) is 0 Å². The molecule has 0 spiro atoms. The Kier molecular flexibility index (Phi) is 5.21. The summed E-state index contributed by atoms with van der Waals surface area (Å²) in [6.07, 6.45) is 4.72. The first-order valence-electron chi connectivity index (χ1n) is 7.50. The van der Waals surface area contributed by atoms with E-state index in [-0.39, 0.29) is 0 Å². The maximum Gasteiger partial charge on any atom is 0.243 e. The number of thiazole rings is 1. The molecule has 0 saturated carbocycles. The first-order valence-corrected chi connectivity index (χ1v) is 10.1. The van der Waals surface area contributed by atoms with E-state index in [0.29, 0.717) is 29.0 Å². The molecule has 1 aromatic carbocycles. The molecule has 1 fully saturated rings. The van der Waals surface area contributed by atoms with Gasteiger partial charge in [-0.3, -0.25) is 0 Å². The molecule has 1 aliphatic heterocycles. The van der Waals surface area contributed by atoms with Gasteiger partial charge in [0.05, 0.1) is 11.4 Å². The number of piperidine rings is 1. The number of hydrogen-bond acceptors (Lipinski definition) is 5. The quantitative estimate of drug-likeness (QED) is 0.872. The molecule has 0 bridgehead atoms. The number of halogens is 1. The molecule has 2 aromatic rings. The van der Waals surface area contributed by atoms with E-state index >= 15 is 0 Å². The topological polar surface area (TPSA) is 62.3 Å². The maximum atomic E-state index is 12.6. The van der Waals surface area contributed by atoms with Crippen LogP contribution in [0, 0.1) is 0 Å². The molecule has 8 heteroatoms. The van der Waals surface area contributed by atoms with Gasteiger partial charge in [-0.2, -0.15) is 4.31 Å². The molecular formula is C15H18ClN3O2S2. The normalized spacial score (nSPS) is 16.4. The lowest BCUT2D eigenvalue weighted by Crippen LogP contribution is -2.35. The molecule has 124 valence electrons. The van der Waals surface area contributed by atoms with Gasteiger partial charge in [-0.25, -0.2) is 13.4 Å². The highest BCUT2D eigenvalue weighted by molar-refractivity contribution is 7.89. The van der Waals surface area contributed by atoms with Gasteiger partial charge in [-0.15, -0.1) is 11.3 Å². The zero-order chi connectivity index (χ0) is 16.3. The first kappa shape index (κ1) is 16.7. The number of nitrogens with zero attached hydrogens (tertiary/aromatic N) is 2. The minimum Gasteiger partial charge on any atom is -0.380 e. The number of nitrogens with one attached hydrogen (secondary N) is 1. The van der Waals surface area contributed by atoms with Gasteiger partial charge in [-0.05, 0) is 37.1 Å². The van der Waals surface area contributed by atoms with E-state index in [1.807, 2.05) is 0 Å². The Morgan fingerprint density at radius 3 is 2.48 bits per heavy atom. The highest BCUT2D eigenvalue weighted by Crippen LogP contribution is 2.23. The minimum absolute atomic E-state index is 0.353. The summed E-state index contributed by atoms with van der Waals surface area (Å²) in [5.41, 5.74) is 0.868. The summed E-state index contributed by atoms with van der Waals surface area (Å²) >= 11 is 7.22. The lowest BCUT2D eigenvalue weighted by Gasteiger charge is -2.25. The lowest BCUT2D eigenvalue weighted by atomic mass is 10.2. The summed E-state index contributed by atoms with van der Waals surface area (Å²) in [4.78, 5) is 5.37. The van der Waals surface area contributed by atoms with E-state index in [0.717, 1.165) is 29.8 Å². The second-order valence-electron chi connectivity index (χ2n) is 5.42. The van der Waals surface area contributed by atoms with E-state index in [1.165, 1.54) is 11.3 Å². The van der Waals surface area contributed by atoms with E-state index in [2.05, 4.69) is 10.3 Å². The zero-order valence-corrected chi connectivity index (χ0v) is 14.9. The summed E-state index contributed by atoms with van der Waals surface area (Å²) in [6.45, 7) is 1.85. The van der Waals surface area contributed by atoms with Crippen LogP contribution in [0.1, 0.15) is 24.1 Å². The van der Waals surface area contributed by atoms with Gasteiger partial charge >= 0.3 is 0 Å². The largest absolute Gasteiger partial charge is 0.380 e. The second-order valence-corrected chi connectivity index (χ2v) is 9.06. The lowest BCUT2D eigenvalue weighted by molar-refractivity contribution is 0.346. The Morgan fingerprint density at radius 1 is 1.17 bits per heavy atom. The van der Waals surface area contributed by atoms with Crippen molar-refractivity contribution in [2.75, 3.05) is 18.4 Å². The third-order valence-corrected chi connectivity index (χ3v) is 6.83. The van der Waals surface area contributed by atoms with Crippen molar-refractivity contribution < 1.29 is 8.42 Å². The van der Waals surface area contributed by atoms with Gasteiger partial charge in [-0.1, -0.05) is 18.0 Å². The molecular weight excluding hydrogens is 354 g/mol. The fourth-order valence-corrected chi connectivity index (χ4v) is 4.99. The van der Waals surface area contributed by atoms with Crippen LogP contribution < -0.4 is 5.32 Å². The van der Waals surface area contributed by atoms with Crippen LogP contribution >= 0.6 is 22.9 Å². The average molecular weight is 372 g/mol. The van der Waals surface area contributed by atoms with E-state index in [4.69, 9.17) is 11.6 Å². The van der Waals surface area contributed by atoms with Crippen LogP contribution in [0.25, 0.3) is 0 Å². The van der Waals surface area contributed by atoms with E-state index in [9.17, 15) is 8.42 Å². The number of benzene rings is 1. The summed E-state index contributed by atoms with van der Waals surface area (Å²) < 4.78 is 27.2. The monoisotopic (exact) mass is 371 g/mol. The van der Waals surface area contributed by atoms with Gasteiger partial charge in [0.15, 0.2) is 4.47 Å². The highest BCUT2D eigenvalue weighted by atomic mass is 35.5. The molecule has 1 saturated heterocycles. The number of rotatable bonds is 5. The van der Waals surface area contributed by atoms with Crippen molar-refractivity contribution in [2.24, 2.45) is 0 Å². The summed E-state index contributed by atoms with van der Waals surface area (Å²) in [5.74, 6) is 0. The van der Waals surface area contributed by atoms with Gasteiger partial charge in [0.1, 0.15) is 0 Å². The number of aromatic nitrogens is 1. The van der Waals surface area contributed by atoms with Crippen molar-refractivity contribution in [2.45, 2.75) is 30.7 Å². The number of sulfonamides is 1. The molecule has 1 N–H and O–H groups in total. The number of anilines is 1. The molecule has 1 aliphatic rings. The van der Waals surface area contributed by atoms with E-state index < -0.39 is 10.0 Å². The van der Waals surface area contributed by atoms with Crippen molar-refractivity contribution in [1.29, 1.82) is 0 Å². The smallest absolute Gasteiger partial charge is 0.243 e. The average Bonchev–Trinajstić information content (AvgIpc) is 3.00. The Labute approximate surface area is 145 Å². The minimum atomic E-state index is -3.36. The molecule has 0 unspecified atom stereocenters. The second kappa shape index (κ2) is 7.17. The third-order valence-electron chi connectivity index (χ3n) is 3.80. The van der Waals surface area contributed by atoms with Crippen LogP contribution in [-0.2, 0) is 16.6 Å². The zero-order valence-electron chi connectivity index (χ0n) is 12.5. The van der Waals surface area contributed by atoms with Gasteiger partial charge in [0, 0.05) is 29.9 Å². The Hall–Kier alpha value is -1.15. The molecule has 0 aliphatic carbocycles. The molecule has 5 nitrogen and oxygen atoms in total. The van der Waals surface area contributed by atoms with E-state index in [1.54, 1.807) is 34.8 Å². The van der Waals surface area contributed by atoms with Crippen molar-refractivity contribution in [3.8, 4) is 0 Å². The molecule has 1 aromatic heterocycles. The molecule has 2 heterocycles. The van der Waals surface area contributed by atoms with Crippen molar-refractivity contribution in [3.63, 3.8) is 0 Å². The van der Waals surface area contributed by atoms with Gasteiger partial charge < -0.3 is 5.32 Å². The Morgan fingerprint density at radius 2 is 1.87 bits per heavy atom.